The zero-order chi connectivity index (χ0) is 11.4. The second kappa shape index (κ2) is 5.45. The summed E-state index contributed by atoms with van der Waals surface area (Å²) in [5.74, 6) is 1.58. The summed E-state index contributed by atoms with van der Waals surface area (Å²) in [6.07, 6.45) is 4.11. The molecule has 0 spiro atoms. The summed E-state index contributed by atoms with van der Waals surface area (Å²) < 4.78 is 6.39. The van der Waals surface area contributed by atoms with Crippen molar-refractivity contribution in [1.82, 2.24) is 9.97 Å². The van der Waals surface area contributed by atoms with Crippen LogP contribution in [0.3, 0.4) is 0 Å². The molecular formula is C10H15BrN4O. The van der Waals surface area contributed by atoms with Gasteiger partial charge in [0.05, 0.1) is 6.10 Å². The van der Waals surface area contributed by atoms with Gasteiger partial charge < -0.3 is 15.4 Å². The summed E-state index contributed by atoms with van der Waals surface area (Å²) in [7, 11) is 1.83. The molecule has 6 heteroatoms. The van der Waals surface area contributed by atoms with Gasteiger partial charge in [0.2, 0.25) is 0 Å². The molecule has 1 saturated heterocycles. The summed E-state index contributed by atoms with van der Waals surface area (Å²) >= 11 is 3.46. The number of anilines is 2. The fraction of sp³-hybridized carbons (Fsp3) is 0.600. The third-order valence-electron chi connectivity index (χ3n) is 2.55. The second-order valence-electron chi connectivity index (χ2n) is 3.65. The standard InChI is InChI=1S/C10H15BrN4O/c1-12-9-8(11)10(15-6-14-9)13-5-7-3-2-4-16-7/h6-7H,2-5H2,1H3,(H2,12,13,14,15). The fourth-order valence-corrected chi connectivity index (χ4v) is 2.23. The Morgan fingerprint density at radius 3 is 3.00 bits per heavy atom. The third kappa shape index (κ3) is 2.62. The molecule has 0 amide bonds. The van der Waals surface area contributed by atoms with Crippen LogP contribution in [0.4, 0.5) is 11.6 Å². The van der Waals surface area contributed by atoms with E-state index in [4.69, 9.17) is 4.74 Å². The number of halogens is 1. The molecule has 1 fully saturated rings. The van der Waals surface area contributed by atoms with E-state index in [1.807, 2.05) is 7.05 Å². The molecule has 0 aromatic carbocycles. The first-order valence-electron chi connectivity index (χ1n) is 5.35. The van der Waals surface area contributed by atoms with E-state index >= 15 is 0 Å². The Balaban J connectivity index is 1.97. The van der Waals surface area contributed by atoms with Crippen molar-refractivity contribution >= 4 is 27.6 Å². The molecule has 0 radical (unpaired) electrons. The molecule has 1 unspecified atom stereocenters. The number of aromatic nitrogens is 2. The van der Waals surface area contributed by atoms with Crippen molar-refractivity contribution in [1.29, 1.82) is 0 Å². The van der Waals surface area contributed by atoms with Crippen LogP contribution in [0.1, 0.15) is 12.8 Å². The first kappa shape index (κ1) is 11.6. The summed E-state index contributed by atoms with van der Waals surface area (Å²) in [6.45, 7) is 1.66. The number of rotatable bonds is 4. The third-order valence-corrected chi connectivity index (χ3v) is 3.30. The number of hydrogen-bond acceptors (Lipinski definition) is 5. The Morgan fingerprint density at radius 2 is 2.31 bits per heavy atom. The molecule has 1 aromatic heterocycles. The first-order valence-corrected chi connectivity index (χ1v) is 6.14. The summed E-state index contributed by atoms with van der Waals surface area (Å²) in [5.41, 5.74) is 0. The van der Waals surface area contributed by atoms with Crippen molar-refractivity contribution in [3.8, 4) is 0 Å². The van der Waals surface area contributed by atoms with E-state index in [1.54, 1.807) is 0 Å². The first-order chi connectivity index (χ1) is 7.81. The number of ether oxygens (including phenoxy) is 1. The highest BCUT2D eigenvalue weighted by Crippen LogP contribution is 2.26. The molecule has 2 rings (SSSR count). The van der Waals surface area contributed by atoms with Crippen molar-refractivity contribution in [3.63, 3.8) is 0 Å². The largest absolute Gasteiger partial charge is 0.376 e. The predicted octanol–water partition coefficient (Wildman–Crippen LogP) is 1.87. The van der Waals surface area contributed by atoms with Gasteiger partial charge in [-0.2, -0.15) is 0 Å². The molecule has 1 aliphatic rings. The van der Waals surface area contributed by atoms with E-state index in [1.165, 1.54) is 6.33 Å². The van der Waals surface area contributed by atoms with Crippen LogP contribution in [0.25, 0.3) is 0 Å². The van der Waals surface area contributed by atoms with Crippen LogP contribution in [-0.2, 0) is 4.74 Å². The van der Waals surface area contributed by atoms with Crippen molar-refractivity contribution in [2.24, 2.45) is 0 Å². The van der Waals surface area contributed by atoms with Crippen LogP contribution in [0.2, 0.25) is 0 Å². The minimum absolute atomic E-state index is 0.305. The molecule has 0 aliphatic carbocycles. The molecule has 1 atom stereocenters. The highest BCUT2D eigenvalue weighted by Gasteiger charge is 2.16. The van der Waals surface area contributed by atoms with E-state index in [0.717, 1.165) is 42.1 Å². The van der Waals surface area contributed by atoms with E-state index in [0.29, 0.717) is 6.10 Å². The Kier molecular flexibility index (Phi) is 3.95. The van der Waals surface area contributed by atoms with Gasteiger partial charge in [-0.1, -0.05) is 0 Å². The van der Waals surface area contributed by atoms with Crippen LogP contribution in [0.15, 0.2) is 10.8 Å². The minimum atomic E-state index is 0.305. The van der Waals surface area contributed by atoms with Crippen LogP contribution in [0, 0.1) is 0 Å². The van der Waals surface area contributed by atoms with Gasteiger partial charge in [0, 0.05) is 20.2 Å². The Morgan fingerprint density at radius 1 is 1.50 bits per heavy atom. The highest BCUT2D eigenvalue weighted by atomic mass is 79.9. The number of nitrogens with one attached hydrogen (secondary N) is 2. The van der Waals surface area contributed by atoms with Gasteiger partial charge >= 0.3 is 0 Å². The minimum Gasteiger partial charge on any atom is -0.376 e. The molecule has 0 bridgehead atoms. The Bertz CT molecular complexity index is 355. The maximum Gasteiger partial charge on any atom is 0.146 e. The Labute approximate surface area is 103 Å². The summed E-state index contributed by atoms with van der Waals surface area (Å²) in [4.78, 5) is 8.28. The van der Waals surface area contributed by atoms with Crippen molar-refractivity contribution in [2.75, 3.05) is 30.8 Å². The van der Waals surface area contributed by atoms with Gasteiger partial charge in [0.25, 0.3) is 0 Å². The number of nitrogens with zero attached hydrogens (tertiary/aromatic N) is 2. The summed E-state index contributed by atoms with van der Waals surface area (Å²) in [5, 5.41) is 6.26. The van der Waals surface area contributed by atoms with Crippen molar-refractivity contribution in [2.45, 2.75) is 18.9 Å². The van der Waals surface area contributed by atoms with Crippen LogP contribution < -0.4 is 10.6 Å². The monoisotopic (exact) mass is 286 g/mol. The average molecular weight is 287 g/mol. The average Bonchev–Trinajstić information content (AvgIpc) is 2.81. The van der Waals surface area contributed by atoms with Gasteiger partial charge in [-0.25, -0.2) is 9.97 Å². The zero-order valence-electron chi connectivity index (χ0n) is 9.16. The van der Waals surface area contributed by atoms with E-state index in [2.05, 4.69) is 36.5 Å². The van der Waals surface area contributed by atoms with Crippen molar-refractivity contribution < 1.29 is 4.74 Å². The number of hydrogen-bond donors (Lipinski definition) is 2. The lowest BCUT2D eigenvalue weighted by atomic mass is 10.2. The van der Waals surface area contributed by atoms with Gasteiger partial charge in [-0.3, -0.25) is 0 Å². The quantitative estimate of drug-likeness (QED) is 0.885. The summed E-state index contributed by atoms with van der Waals surface area (Å²) in [6, 6.07) is 0. The van der Waals surface area contributed by atoms with Gasteiger partial charge in [0.15, 0.2) is 0 Å². The van der Waals surface area contributed by atoms with Crippen LogP contribution in [0.5, 0.6) is 0 Å². The van der Waals surface area contributed by atoms with Gasteiger partial charge in [-0.05, 0) is 28.8 Å². The van der Waals surface area contributed by atoms with Gasteiger partial charge in [-0.15, -0.1) is 0 Å². The molecule has 0 saturated carbocycles. The highest BCUT2D eigenvalue weighted by molar-refractivity contribution is 9.10. The smallest absolute Gasteiger partial charge is 0.146 e. The molecule has 16 heavy (non-hydrogen) atoms. The topological polar surface area (TPSA) is 59.1 Å². The lowest BCUT2D eigenvalue weighted by Crippen LogP contribution is -2.19. The molecule has 1 aliphatic heterocycles. The van der Waals surface area contributed by atoms with Crippen LogP contribution in [-0.4, -0.2) is 36.3 Å². The maximum atomic E-state index is 5.53. The van der Waals surface area contributed by atoms with Crippen molar-refractivity contribution in [3.05, 3.63) is 10.8 Å². The van der Waals surface area contributed by atoms with Crippen LogP contribution >= 0.6 is 15.9 Å². The zero-order valence-corrected chi connectivity index (χ0v) is 10.7. The van der Waals surface area contributed by atoms with E-state index in [-0.39, 0.29) is 0 Å². The molecule has 5 nitrogen and oxygen atoms in total. The molecule has 2 N–H and O–H groups in total. The maximum absolute atomic E-state index is 5.53. The molecule has 88 valence electrons. The lowest BCUT2D eigenvalue weighted by molar-refractivity contribution is 0.120. The molecule has 2 heterocycles. The fourth-order valence-electron chi connectivity index (χ4n) is 1.68. The van der Waals surface area contributed by atoms with E-state index < -0.39 is 0 Å². The van der Waals surface area contributed by atoms with E-state index in [9.17, 15) is 0 Å². The predicted molar refractivity (Wildman–Crippen MR) is 66.7 cm³/mol. The van der Waals surface area contributed by atoms with Gasteiger partial charge in [0.1, 0.15) is 22.4 Å². The molecular weight excluding hydrogens is 272 g/mol. The lowest BCUT2D eigenvalue weighted by Gasteiger charge is -2.13. The molecule has 1 aromatic rings. The Hall–Kier alpha value is -0.880. The second-order valence-corrected chi connectivity index (χ2v) is 4.44. The SMILES string of the molecule is CNc1ncnc(NCC2CCCO2)c1Br. The normalized spacial score (nSPS) is 19.8.